The Labute approximate surface area is 80.6 Å². The highest BCUT2D eigenvalue weighted by molar-refractivity contribution is 6.03. The fraction of sp³-hybridized carbons (Fsp3) is 0.375. The highest BCUT2D eigenvalue weighted by atomic mass is 16.5. The van der Waals surface area contributed by atoms with E-state index >= 15 is 0 Å². The van der Waals surface area contributed by atoms with Crippen LogP contribution in [0.15, 0.2) is 6.20 Å². The topological polar surface area (TPSA) is 87.2 Å². The van der Waals surface area contributed by atoms with Gasteiger partial charge in [0.1, 0.15) is 11.3 Å². The number of rotatable bonds is 3. The summed E-state index contributed by atoms with van der Waals surface area (Å²) in [4.78, 5) is 22.3. The van der Waals surface area contributed by atoms with E-state index in [0.29, 0.717) is 0 Å². The van der Waals surface area contributed by atoms with Gasteiger partial charge in [0.2, 0.25) is 0 Å². The summed E-state index contributed by atoms with van der Waals surface area (Å²) in [6.07, 6.45) is 1.26. The molecule has 1 amide bonds. The highest BCUT2D eigenvalue weighted by Gasteiger charge is 2.20. The van der Waals surface area contributed by atoms with Gasteiger partial charge < -0.3 is 10.5 Å². The van der Waals surface area contributed by atoms with Crippen LogP contribution in [0, 0.1) is 0 Å². The third-order valence-corrected chi connectivity index (χ3v) is 1.67. The molecule has 1 heterocycles. The molecule has 0 fully saturated rings. The minimum atomic E-state index is -0.701. The quantitative estimate of drug-likeness (QED) is 0.673. The van der Waals surface area contributed by atoms with Gasteiger partial charge >= 0.3 is 5.97 Å². The van der Waals surface area contributed by atoms with E-state index in [2.05, 4.69) is 5.10 Å². The average molecular weight is 197 g/mol. The number of hydrogen-bond donors (Lipinski definition) is 1. The van der Waals surface area contributed by atoms with E-state index in [9.17, 15) is 9.59 Å². The second kappa shape index (κ2) is 3.91. The Morgan fingerprint density at radius 3 is 2.79 bits per heavy atom. The molecule has 0 aliphatic carbocycles. The van der Waals surface area contributed by atoms with Crippen LogP contribution < -0.4 is 5.73 Å². The Balaban J connectivity index is 3.09. The summed E-state index contributed by atoms with van der Waals surface area (Å²) in [6.45, 7) is 1.92. The van der Waals surface area contributed by atoms with Gasteiger partial charge in [-0.1, -0.05) is 0 Å². The summed E-state index contributed by atoms with van der Waals surface area (Å²) in [5.41, 5.74) is 5.24. The second-order valence-corrected chi connectivity index (χ2v) is 2.62. The van der Waals surface area contributed by atoms with Crippen molar-refractivity contribution in [1.82, 2.24) is 9.78 Å². The largest absolute Gasteiger partial charge is 0.462 e. The molecule has 0 spiro atoms. The Morgan fingerprint density at radius 1 is 1.64 bits per heavy atom. The molecule has 0 aromatic carbocycles. The van der Waals surface area contributed by atoms with Crippen molar-refractivity contribution in [2.45, 2.75) is 6.92 Å². The van der Waals surface area contributed by atoms with Crippen LogP contribution in [0.1, 0.15) is 27.8 Å². The Morgan fingerprint density at radius 2 is 2.29 bits per heavy atom. The van der Waals surface area contributed by atoms with Gasteiger partial charge in [0.25, 0.3) is 5.91 Å². The summed E-state index contributed by atoms with van der Waals surface area (Å²) in [5, 5.41) is 3.76. The molecule has 6 heteroatoms. The maximum absolute atomic E-state index is 11.3. The minimum absolute atomic E-state index is 0.0588. The fourth-order valence-corrected chi connectivity index (χ4v) is 1.09. The molecule has 1 aromatic heterocycles. The van der Waals surface area contributed by atoms with E-state index in [1.165, 1.54) is 17.9 Å². The first-order valence-electron chi connectivity index (χ1n) is 4.06. The van der Waals surface area contributed by atoms with Gasteiger partial charge in [-0.25, -0.2) is 4.79 Å². The lowest BCUT2D eigenvalue weighted by atomic mass is 10.2. The van der Waals surface area contributed by atoms with Gasteiger partial charge in [-0.3, -0.25) is 9.48 Å². The molecule has 0 saturated heterocycles. The lowest BCUT2D eigenvalue weighted by molar-refractivity contribution is 0.0523. The second-order valence-electron chi connectivity index (χ2n) is 2.62. The third-order valence-electron chi connectivity index (χ3n) is 1.67. The number of carbonyl (C=O) groups is 2. The van der Waals surface area contributed by atoms with Crippen LogP contribution in [0.2, 0.25) is 0 Å². The number of ether oxygens (including phenoxy) is 1. The van der Waals surface area contributed by atoms with E-state index in [4.69, 9.17) is 10.5 Å². The predicted octanol–water partition coefficient (Wildman–Crippen LogP) is -0.304. The van der Waals surface area contributed by atoms with Crippen LogP contribution in [-0.2, 0) is 11.8 Å². The molecule has 76 valence electrons. The zero-order chi connectivity index (χ0) is 10.7. The first kappa shape index (κ1) is 10.2. The van der Waals surface area contributed by atoms with Crippen molar-refractivity contribution in [3.05, 3.63) is 17.5 Å². The first-order valence-corrected chi connectivity index (χ1v) is 4.06. The van der Waals surface area contributed by atoms with Crippen LogP contribution in [-0.4, -0.2) is 28.3 Å². The maximum Gasteiger partial charge on any atom is 0.342 e. The summed E-state index contributed by atoms with van der Waals surface area (Å²) in [6, 6.07) is 0. The van der Waals surface area contributed by atoms with Crippen molar-refractivity contribution in [3.8, 4) is 0 Å². The van der Waals surface area contributed by atoms with E-state index in [0.717, 1.165) is 0 Å². The molecular formula is C8H11N3O3. The number of amides is 1. The third kappa shape index (κ3) is 1.73. The molecule has 0 radical (unpaired) electrons. The van der Waals surface area contributed by atoms with Crippen LogP contribution in [0.4, 0.5) is 0 Å². The lowest BCUT2D eigenvalue weighted by Gasteiger charge is -2.01. The fourth-order valence-electron chi connectivity index (χ4n) is 1.09. The summed E-state index contributed by atoms with van der Waals surface area (Å²) in [7, 11) is 1.53. The number of primary amides is 1. The highest BCUT2D eigenvalue weighted by Crippen LogP contribution is 2.08. The van der Waals surface area contributed by atoms with Crippen molar-refractivity contribution in [2.24, 2.45) is 12.8 Å². The van der Waals surface area contributed by atoms with Crippen molar-refractivity contribution in [1.29, 1.82) is 0 Å². The number of carbonyl (C=O) groups excluding carboxylic acids is 2. The van der Waals surface area contributed by atoms with E-state index in [1.54, 1.807) is 6.92 Å². The molecule has 0 aliphatic heterocycles. The molecule has 0 unspecified atom stereocenters. The zero-order valence-corrected chi connectivity index (χ0v) is 7.98. The normalized spacial score (nSPS) is 9.86. The van der Waals surface area contributed by atoms with Crippen molar-refractivity contribution in [2.75, 3.05) is 6.61 Å². The molecule has 0 bridgehead atoms. The SMILES string of the molecule is CCOC(=O)c1cnn(C)c1C(N)=O. The van der Waals surface area contributed by atoms with Crippen LogP contribution in [0.3, 0.4) is 0 Å². The minimum Gasteiger partial charge on any atom is -0.462 e. The smallest absolute Gasteiger partial charge is 0.342 e. The molecule has 1 rings (SSSR count). The zero-order valence-electron chi connectivity index (χ0n) is 7.98. The van der Waals surface area contributed by atoms with Crippen molar-refractivity contribution in [3.63, 3.8) is 0 Å². The van der Waals surface area contributed by atoms with Gasteiger partial charge in [-0.2, -0.15) is 5.10 Å². The van der Waals surface area contributed by atoms with Gasteiger partial charge in [-0.15, -0.1) is 0 Å². The van der Waals surface area contributed by atoms with Crippen LogP contribution in [0.5, 0.6) is 0 Å². The van der Waals surface area contributed by atoms with Gasteiger partial charge in [0, 0.05) is 7.05 Å². The van der Waals surface area contributed by atoms with Gasteiger partial charge in [0.05, 0.1) is 12.8 Å². The summed E-state index contributed by atoms with van der Waals surface area (Å²) in [5.74, 6) is -1.29. The van der Waals surface area contributed by atoms with E-state index < -0.39 is 11.9 Å². The summed E-state index contributed by atoms with van der Waals surface area (Å²) >= 11 is 0. The Bertz CT molecular complexity index is 370. The summed E-state index contributed by atoms with van der Waals surface area (Å²) < 4.78 is 5.98. The molecule has 1 aromatic rings. The number of aromatic nitrogens is 2. The monoisotopic (exact) mass is 197 g/mol. The van der Waals surface area contributed by atoms with E-state index in [1.807, 2.05) is 0 Å². The van der Waals surface area contributed by atoms with Crippen LogP contribution in [0.25, 0.3) is 0 Å². The van der Waals surface area contributed by atoms with Gasteiger partial charge in [-0.05, 0) is 6.92 Å². The average Bonchev–Trinajstić information content (AvgIpc) is 2.47. The molecule has 14 heavy (non-hydrogen) atoms. The molecule has 2 N–H and O–H groups in total. The number of nitrogens with zero attached hydrogens (tertiary/aromatic N) is 2. The van der Waals surface area contributed by atoms with Gasteiger partial charge in [0.15, 0.2) is 0 Å². The van der Waals surface area contributed by atoms with Crippen LogP contribution >= 0.6 is 0 Å². The Kier molecular flexibility index (Phi) is 2.85. The molecular weight excluding hydrogens is 186 g/mol. The molecule has 0 aliphatic rings. The van der Waals surface area contributed by atoms with E-state index in [-0.39, 0.29) is 17.9 Å². The number of esters is 1. The molecule has 6 nitrogen and oxygen atoms in total. The first-order chi connectivity index (χ1) is 6.57. The molecule has 0 atom stereocenters. The number of nitrogens with two attached hydrogens (primary N) is 1. The maximum atomic E-state index is 11.3. The van der Waals surface area contributed by atoms with Crippen molar-refractivity contribution < 1.29 is 14.3 Å². The predicted molar refractivity (Wildman–Crippen MR) is 47.7 cm³/mol. The Hall–Kier alpha value is -1.85. The number of hydrogen-bond acceptors (Lipinski definition) is 4. The molecule has 0 saturated carbocycles. The lowest BCUT2D eigenvalue weighted by Crippen LogP contribution is -2.20. The van der Waals surface area contributed by atoms with Crippen molar-refractivity contribution >= 4 is 11.9 Å². The standard InChI is InChI=1S/C8H11N3O3/c1-3-14-8(13)5-4-10-11(2)6(5)7(9)12/h4H,3H2,1-2H3,(H2,9,12). The number of aryl methyl sites for hydroxylation is 1.